The maximum atomic E-state index is 13.1. The topological polar surface area (TPSA) is 81.4 Å². The molecule has 0 fully saturated rings. The van der Waals surface area contributed by atoms with Crippen LogP contribution >= 0.6 is 10.2 Å². The summed E-state index contributed by atoms with van der Waals surface area (Å²) in [5.74, 6) is -2.07. The summed E-state index contributed by atoms with van der Waals surface area (Å²) in [6.07, 6.45) is -4.02. The van der Waals surface area contributed by atoms with Crippen molar-refractivity contribution < 1.29 is 42.1 Å². The second kappa shape index (κ2) is 6.41. The molecule has 0 spiro atoms. The van der Waals surface area contributed by atoms with Gasteiger partial charge in [-0.15, -0.1) is 0 Å². The number of fused-ring (bicyclic) bond motifs is 1. The van der Waals surface area contributed by atoms with Crippen LogP contribution in [0.4, 0.5) is 38.4 Å². The van der Waals surface area contributed by atoms with Crippen molar-refractivity contribution in [2.24, 2.45) is 0 Å². The average molecular weight is 477 g/mol. The molecule has 3 rings (SSSR count). The van der Waals surface area contributed by atoms with Gasteiger partial charge in [-0.25, -0.2) is 9.78 Å². The monoisotopic (exact) mass is 477 g/mol. The summed E-state index contributed by atoms with van der Waals surface area (Å²) < 4.78 is 109. The van der Waals surface area contributed by atoms with Gasteiger partial charge >= 0.3 is 22.4 Å². The first-order valence-corrected chi connectivity index (χ1v) is 9.91. The molecule has 1 aromatic carbocycles. The Kier molecular flexibility index (Phi) is 4.66. The number of rotatable bonds is 5. The molecule has 31 heavy (non-hydrogen) atoms. The number of carbonyl (C=O) groups is 1. The van der Waals surface area contributed by atoms with Crippen molar-refractivity contribution in [3.8, 4) is 0 Å². The van der Waals surface area contributed by atoms with Gasteiger partial charge < -0.3 is 10.1 Å². The molecule has 0 aliphatic carbocycles. The number of carbonyl (C=O) groups excluding carboxylic acids is 1. The highest BCUT2D eigenvalue weighted by atomic mass is 32.5. The molecule has 0 bridgehead atoms. The molecule has 0 amide bonds. The third-order valence-electron chi connectivity index (χ3n) is 3.93. The zero-order valence-electron chi connectivity index (χ0n) is 15.1. The third-order valence-corrected chi connectivity index (χ3v) is 5.09. The van der Waals surface area contributed by atoms with Crippen LogP contribution in [0.25, 0.3) is 5.78 Å². The largest absolute Gasteiger partial charge is 0.467 e. The summed E-state index contributed by atoms with van der Waals surface area (Å²) in [7, 11) is -9.05. The molecule has 0 aliphatic heterocycles. The number of alkyl halides is 3. The predicted molar refractivity (Wildman–Crippen MR) is 92.0 cm³/mol. The van der Waals surface area contributed by atoms with E-state index in [1.54, 1.807) is 0 Å². The van der Waals surface area contributed by atoms with Crippen molar-refractivity contribution in [2.45, 2.75) is 17.1 Å². The van der Waals surface area contributed by atoms with Crippen molar-refractivity contribution in [3.05, 3.63) is 47.9 Å². The number of aromatic nitrogens is 4. The number of nitrogens with one attached hydrogen (secondary N) is 1. The summed E-state index contributed by atoms with van der Waals surface area (Å²) in [6.45, 7) is 0. The van der Waals surface area contributed by atoms with Crippen LogP contribution in [0.2, 0.25) is 0 Å². The van der Waals surface area contributed by atoms with Gasteiger partial charge in [-0.1, -0.05) is 31.6 Å². The van der Waals surface area contributed by atoms with E-state index in [9.17, 15) is 37.4 Å². The highest BCUT2D eigenvalue weighted by Crippen LogP contribution is 3.02. The number of benzene rings is 1. The van der Waals surface area contributed by atoms with E-state index >= 15 is 0 Å². The van der Waals surface area contributed by atoms with E-state index in [2.05, 4.69) is 25.1 Å². The van der Waals surface area contributed by atoms with Crippen LogP contribution in [0.1, 0.15) is 17.3 Å². The summed E-state index contributed by atoms with van der Waals surface area (Å²) in [5.41, 5.74) is -1.69. The van der Waals surface area contributed by atoms with Gasteiger partial charge in [-0.3, -0.25) is 0 Å². The van der Waals surface area contributed by atoms with Crippen LogP contribution in [0.15, 0.2) is 41.6 Å². The number of hydrogen-bond acceptors (Lipinski definition) is 6. The van der Waals surface area contributed by atoms with E-state index in [-0.39, 0.29) is 17.7 Å². The van der Waals surface area contributed by atoms with Gasteiger partial charge in [0.15, 0.2) is 11.7 Å². The van der Waals surface area contributed by atoms with E-state index in [0.29, 0.717) is 18.2 Å². The van der Waals surface area contributed by atoms with Gasteiger partial charge in [0.25, 0.3) is 5.78 Å². The molecule has 2 aromatic heterocycles. The number of halogens is 8. The quantitative estimate of drug-likeness (QED) is 0.406. The minimum atomic E-state index is -9.96. The van der Waals surface area contributed by atoms with Crippen molar-refractivity contribution in [3.63, 3.8) is 0 Å². The average Bonchev–Trinajstić information content (AvgIpc) is 3.12. The van der Waals surface area contributed by atoms with Crippen LogP contribution in [-0.2, 0) is 15.7 Å². The first kappa shape index (κ1) is 22.5. The van der Waals surface area contributed by atoms with Gasteiger partial charge in [0.2, 0.25) is 0 Å². The second-order valence-electron chi connectivity index (χ2n) is 6.13. The Morgan fingerprint density at radius 1 is 1.13 bits per heavy atom. The molecule has 0 radical (unpaired) electrons. The second-order valence-corrected chi connectivity index (χ2v) is 8.54. The molecular formula is C15H11F8N5O2S. The van der Waals surface area contributed by atoms with Crippen molar-refractivity contribution in [1.29, 1.82) is 0 Å². The van der Waals surface area contributed by atoms with E-state index in [1.165, 1.54) is 0 Å². The molecule has 0 saturated carbocycles. The molecular weight excluding hydrogens is 466 g/mol. The van der Waals surface area contributed by atoms with E-state index in [1.807, 2.05) is 0 Å². The van der Waals surface area contributed by atoms with Crippen LogP contribution in [0.5, 0.6) is 0 Å². The molecule has 7 nitrogen and oxygen atoms in total. The van der Waals surface area contributed by atoms with Gasteiger partial charge in [-0.2, -0.15) is 27.8 Å². The number of hydrogen-bond donors (Lipinski definition) is 1. The minimum Gasteiger partial charge on any atom is -0.467 e. The molecule has 0 aliphatic rings. The summed E-state index contributed by atoms with van der Waals surface area (Å²) in [5, 5.41) is 6.01. The van der Waals surface area contributed by atoms with Gasteiger partial charge in [0, 0.05) is 6.07 Å². The normalized spacial score (nSPS) is 15.8. The number of anilines is 1. The summed E-state index contributed by atoms with van der Waals surface area (Å²) >= 11 is 0. The first-order valence-electron chi connectivity index (χ1n) is 7.96. The molecule has 3 aromatic rings. The SMILES string of the molecule is COC(=O)C(Nc1cc(C(F)(F)F)nc2ncnn12)c1ccc(S(F)(F)(F)(F)F)cc1. The van der Waals surface area contributed by atoms with Gasteiger partial charge in [-0.05, 0) is 17.7 Å². The highest BCUT2D eigenvalue weighted by Gasteiger charge is 2.65. The molecule has 2 heterocycles. The Morgan fingerprint density at radius 3 is 2.26 bits per heavy atom. The molecule has 1 N–H and O–H groups in total. The number of esters is 1. The molecule has 0 saturated heterocycles. The first-order chi connectivity index (χ1) is 14.0. The zero-order valence-corrected chi connectivity index (χ0v) is 15.9. The maximum Gasteiger partial charge on any atom is 0.433 e. The molecule has 170 valence electrons. The van der Waals surface area contributed by atoms with Crippen LogP contribution in [-0.4, -0.2) is 32.7 Å². The van der Waals surface area contributed by atoms with E-state index < -0.39 is 50.6 Å². The molecule has 1 unspecified atom stereocenters. The Hall–Kier alpha value is -3.17. The fourth-order valence-electron chi connectivity index (χ4n) is 2.52. The van der Waals surface area contributed by atoms with Gasteiger partial charge in [0.1, 0.15) is 17.0 Å². The maximum absolute atomic E-state index is 13.1. The lowest BCUT2D eigenvalue weighted by Gasteiger charge is -2.40. The highest BCUT2D eigenvalue weighted by molar-refractivity contribution is 8.45. The van der Waals surface area contributed by atoms with E-state index in [0.717, 1.165) is 18.0 Å². The van der Waals surface area contributed by atoms with Crippen LogP contribution < -0.4 is 5.32 Å². The summed E-state index contributed by atoms with van der Waals surface area (Å²) in [6, 6.07) is 0.0908. The van der Waals surface area contributed by atoms with Crippen molar-refractivity contribution in [2.75, 3.05) is 12.4 Å². The fraction of sp³-hybridized carbons (Fsp3) is 0.200. The summed E-state index contributed by atoms with van der Waals surface area (Å²) in [4.78, 5) is 16.8. The lowest BCUT2D eigenvalue weighted by molar-refractivity contribution is -0.141. The van der Waals surface area contributed by atoms with Crippen molar-refractivity contribution in [1.82, 2.24) is 19.6 Å². The predicted octanol–water partition coefficient (Wildman–Crippen LogP) is 5.13. The fourth-order valence-corrected chi connectivity index (χ4v) is 3.17. The molecule has 1 atom stereocenters. The van der Waals surface area contributed by atoms with Crippen LogP contribution in [0.3, 0.4) is 0 Å². The molecule has 16 heteroatoms. The Bertz CT molecular complexity index is 1150. The van der Waals surface area contributed by atoms with Gasteiger partial charge in [0.05, 0.1) is 7.11 Å². The van der Waals surface area contributed by atoms with E-state index in [4.69, 9.17) is 0 Å². The lowest BCUT2D eigenvalue weighted by Crippen LogP contribution is -2.24. The third kappa shape index (κ3) is 4.78. The number of methoxy groups -OCH3 is 1. The Labute approximate surface area is 167 Å². The van der Waals surface area contributed by atoms with Crippen molar-refractivity contribution >= 4 is 27.8 Å². The van der Waals surface area contributed by atoms with Crippen LogP contribution in [0, 0.1) is 0 Å². The minimum absolute atomic E-state index is 0.0628. The zero-order chi connectivity index (χ0) is 23.3. The Balaban J connectivity index is 2.07. The standard InChI is InChI=1S/C15H11F8N5O2S/c1-30-13(29)12(8-2-4-9(5-3-8)31(19,20,21,22)23)27-11-6-10(15(16,17)18)26-14-24-7-25-28(11)14/h2-7,12,27H,1H3. The smallest absolute Gasteiger partial charge is 0.433 e. The number of ether oxygens (including phenoxy) is 1. The Morgan fingerprint density at radius 2 is 1.74 bits per heavy atom. The lowest BCUT2D eigenvalue weighted by atomic mass is 10.1. The number of nitrogens with zero attached hydrogens (tertiary/aromatic N) is 4.